The molecule has 4 nitrogen and oxygen atoms in total. The molecule has 0 N–H and O–H groups in total. The van der Waals surface area contributed by atoms with Gasteiger partial charge in [-0.1, -0.05) is 243 Å². The van der Waals surface area contributed by atoms with Crippen molar-refractivity contribution < 1.29 is 0 Å². The van der Waals surface area contributed by atoms with E-state index in [4.69, 9.17) is 9.98 Å². The van der Waals surface area contributed by atoms with Crippen LogP contribution in [0.4, 0.5) is 0 Å². The summed E-state index contributed by atoms with van der Waals surface area (Å²) in [5, 5.41) is 9.93. The monoisotopic (exact) mass is 970 g/mol. The first-order valence-corrected chi connectivity index (χ1v) is 26.4. The van der Waals surface area contributed by atoms with Crippen LogP contribution in [0.2, 0.25) is 0 Å². The first-order chi connectivity index (χ1) is 37.7. The van der Waals surface area contributed by atoms with Gasteiger partial charge in [-0.3, -0.25) is 9.98 Å². The third kappa shape index (κ3) is 7.44. The standard InChI is InChI=1S/C72H50N4/c1-3-15-47(16-4-1)55-39-41-67-73-65(45-75(67)43-55)49-27-31-51(32-28-49)69-57-19-7-11-23-61(57)71(62-24-12-8-20-58(62)69)53-35-37-54(38-36-53)72-63-25-13-9-21-59(63)70(60-22-10-14-26-64(60)72)52-33-29-50(30-34-52)66-46-76-44-56(40-42-68(76)74-66)48-17-5-2-6-18-48/h1-44,67-68H,45-46H2. The van der Waals surface area contributed by atoms with Gasteiger partial charge in [0.25, 0.3) is 0 Å². The maximum atomic E-state index is 5.16. The van der Waals surface area contributed by atoms with Crippen molar-refractivity contribution in [2.75, 3.05) is 13.1 Å². The van der Waals surface area contributed by atoms with E-state index in [0.717, 1.165) is 35.6 Å². The van der Waals surface area contributed by atoms with Crippen molar-refractivity contribution in [3.63, 3.8) is 0 Å². The minimum Gasteiger partial charge on any atom is -0.346 e. The lowest BCUT2D eigenvalue weighted by atomic mass is 9.84. The Morgan fingerprint density at radius 2 is 0.513 bits per heavy atom. The Kier molecular flexibility index (Phi) is 10.4. The number of fused-ring (bicyclic) bond motifs is 6. The molecule has 0 radical (unpaired) electrons. The molecule has 2 atom stereocenters. The fourth-order valence-corrected chi connectivity index (χ4v) is 12.4. The molecule has 2 unspecified atom stereocenters. The molecule has 0 spiro atoms. The number of rotatable bonds is 8. The van der Waals surface area contributed by atoms with Crippen LogP contribution in [0.3, 0.4) is 0 Å². The molecule has 0 amide bonds. The van der Waals surface area contributed by atoms with E-state index in [1.807, 2.05) is 0 Å². The summed E-state index contributed by atoms with van der Waals surface area (Å²) >= 11 is 0. The molecule has 0 saturated heterocycles. The molecular formula is C72H50N4. The Morgan fingerprint density at radius 3 is 0.789 bits per heavy atom. The highest BCUT2D eigenvalue weighted by Gasteiger charge is 2.28. The molecule has 0 aliphatic carbocycles. The number of allylic oxidation sites excluding steroid dienone is 4. The summed E-state index contributed by atoms with van der Waals surface area (Å²) in [6, 6.07) is 84.5. The van der Waals surface area contributed by atoms with Gasteiger partial charge < -0.3 is 9.80 Å². The summed E-state index contributed by atoms with van der Waals surface area (Å²) < 4.78 is 0. The van der Waals surface area contributed by atoms with Gasteiger partial charge in [0.1, 0.15) is 12.3 Å². The van der Waals surface area contributed by atoms with Gasteiger partial charge >= 0.3 is 0 Å². The topological polar surface area (TPSA) is 31.2 Å². The highest BCUT2D eigenvalue weighted by Crippen LogP contribution is 2.47. The number of nitrogens with zero attached hydrogens (tertiary/aromatic N) is 4. The first kappa shape index (κ1) is 43.9. The smallest absolute Gasteiger partial charge is 0.140 e. The molecule has 15 rings (SSSR count). The zero-order valence-corrected chi connectivity index (χ0v) is 41.8. The Balaban J connectivity index is 0.753. The summed E-state index contributed by atoms with van der Waals surface area (Å²) in [5.41, 5.74) is 19.2. The van der Waals surface area contributed by atoms with Crippen LogP contribution < -0.4 is 0 Å². The Bertz CT molecular complexity index is 3920. The second-order valence-corrected chi connectivity index (χ2v) is 20.4. The number of hydrogen-bond acceptors (Lipinski definition) is 4. The van der Waals surface area contributed by atoms with Crippen LogP contribution in [0.5, 0.6) is 0 Å². The maximum absolute atomic E-state index is 5.16. The highest BCUT2D eigenvalue weighted by atomic mass is 15.3. The Hall–Kier alpha value is -9.64. The van der Waals surface area contributed by atoms with Gasteiger partial charge in [0.05, 0.1) is 24.5 Å². The average molecular weight is 971 g/mol. The van der Waals surface area contributed by atoms with Crippen LogP contribution >= 0.6 is 0 Å². The van der Waals surface area contributed by atoms with Crippen molar-refractivity contribution in [3.8, 4) is 44.5 Å². The van der Waals surface area contributed by atoms with Crippen molar-refractivity contribution >= 4 is 65.7 Å². The fourth-order valence-electron chi connectivity index (χ4n) is 12.4. The van der Waals surface area contributed by atoms with E-state index >= 15 is 0 Å². The van der Waals surface area contributed by atoms with E-state index in [0.29, 0.717) is 0 Å². The maximum Gasteiger partial charge on any atom is 0.140 e. The van der Waals surface area contributed by atoms with E-state index in [1.165, 1.54) is 110 Å². The van der Waals surface area contributed by atoms with Crippen molar-refractivity contribution in [2.24, 2.45) is 9.98 Å². The van der Waals surface area contributed by atoms with E-state index < -0.39 is 0 Å². The second-order valence-electron chi connectivity index (χ2n) is 20.4. The summed E-state index contributed by atoms with van der Waals surface area (Å²) in [6.45, 7) is 1.56. The van der Waals surface area contributed by atoms with Crippen LogP contribution in [0.25, 0.3) is 98.7 Å². The number of hydrogen-bond donors (Lipinski definition) is 0. The van der Waals surface area contributed by atoms with Crippen LogP contribution in [0, 0.1) is 0 Å². The van der Waals surface area contributed by atoms with Crippen molar-refractivity contribution in [3.05, 3.63) is 289 Å². The average Bonchev–Trinajstić information content (AvgIpc) is 4.15. The quantitative estimate of drug-likeness (QED) is 0.142. The van der Waals surface area contributed by atoms with E-state index in [9.17, 15) is 0 Å². The first-order valence-electron chi connectivity index (χ1n) is 26.4. The Labute approximate surface area is 442 Å². The molecule has 11 aromatic rings. The largest absolute Gasteiger partial charge is 0.346 e. The van der Waals surface area contributed by atoms with Gasteiger partial charge in [0.15, 0.2) is 0 Å². The third-order valence-electron chi connectivity index (χ3n) is 16.0. The minimum absolute atomic E-state index is 0.0266. The van der Waals surface area contributed by atoms with Crippen LogP contribution in [-0.2, 0) is 0 Å². The van der Waals surface area contributed by atoms with Crippen LogP contribution in [0.1, 0.15) is 22.3 Å². The highest BCUT2D eigenvalue weighted by molar-refractivity contribution is 6.23. The molecule has 4 heteroatoms. The molecule has 4 aliphatic heterocycles. The molecule has 0 fully saturated rings. The molecule has 0 aromatic heterocycles. The number of aliphatic imine (C=N–C) groups is 2. The Morgan fingerprint density at radius 1 is 0.263 bits per heavy atom. The van der Waals surface area contributed by atoms with Crippen molar-refractivity contribution in [1.29, 1.82) is 0 Å². The third-order valence-corrected chi connectivity index (χ3v) is 16.0. The van der Waals surface area contributed by atoms with Gasteiger partial charge in [-0.05, 0) is 133 Å². The van der Waals surface area contributed by atoms with Gasteiger partial charge in [-0.15, -0.1) is 0 Å². The molecule has 11 aromatic carbocycles. The SMILES string of the molecule is C1=CC2N=C(c3ccc(-c4c5ccccc5c(-c5ccc(-c6c7ccccc7c(-c7ccc(C8=NC9C=CC(c%10ccccc%10)=CN9C8)cc7)c7ccccc67)cc5)c5ccccc45)cc3)CN2C=C1c1ccccc1. The zero-order chi connectivity index (χ0) is 50.1. The molecule has 358 valence electrons. The molecule has 4 heterocycles. The fraction of sp³-hybridized carbons (Fsp3) is 0.0556. The van der Waals surface area contributed by atoms with Crippen molar-refractivity contribution in [2.45, 2.75) is 12.3 Å². The van der Waals surface area contributed by atoms with Gasteiger partial charge in [-0.2, -0.15) is 0 Å². The van der Waals surface area contributed by atoms with Gasteiger partial charge in [0.2, 0.25) is 0 Å². The predicted molar refractivity (Wildman–Crippen MR) is 319 cm³/mol. The summed E-state index contributed by atoms with van der Waals surface area (Å²) in [7, 11) is 0. The summed E-state index contributed by atoms with van der Waals surface area (Å²) in [4.78, 5) is 15.0. The molecule has 76 heavy (non-hydrogen) atoms. The van der Waals surface area contributed by atoms with E-state index in [2.05, 4.69) is 277 Å². The van der Waals surface area contributed by atoms with Crippen LogP contribution in [-0.4, -0.2) is 46.6 Å². The molecule has 0 saturated carbocycles. The lowest BCUT2D eigenvalue weighted by molar-refractivity contribution is 0.396. The predicted octanol–water partition coefficient (Wildman–Crippen LogP) is 17.1. The van der Waals surface area contributed by atoms with Gasteiger partial charge in [0, 0.05) is 12.4 Å². The summed E-state index contributed by atoms with van der Waals surface area (Å²) in [6.07, 6.45) is 13.4. The lowest BCUT2D eigenvalue weighted by Crippen LogP contribution is -2.26. The molecule has 0 bridgehead atoms. The lowest BCUT2D eigenvalue weighted by Gasteiger charge is -2.23. The molecular weight excluding hydrogens is 921 g/mol. The van der Waals surface area contributed by atoms with Crippen LogP contribution in [0.15, 0.2) is 277 Å². The van der Waals surface area contributed by atoms with Crippen molar-refractivity contribution in [1.82, 2.24) is 9.80 Å². The normalized spacial score (nSPS) is 16.7. The number of benzene rings is 11. The second kappa shape index (κ2) is 18.1. The molecule has 4 aliphatic rings. The van der Waals surface area contributed by atoms with Gasteiger partial charge in [-0.25, -0.2) is 0 Å². The minimum atomic E-state index is 0.0266. The van der Waals surface area contributed by atoms with E-state index in [-0.39, 0.29) is 12.3 Å². The van der Waals surface area contributed by atoms with E-state index in [1.54, 1.807) is 0 Å². The zero-order valence-electron chi connectivity index (χ0n) is 41.8. The summed E-state index contributed by atoms with van der Waals surface area (Å²) in [5.74, 6) is 0.